The molecule has 0 bridgehead atoms. The van der Waals surface area contributed by atoms with Crippen molar-refractivity contribution >= 4 is 17.2 Å². The first-order valence-electron chi connectivity index (χ1n) is 6.99. The summed E-state index contributed by atoms with van der Waals surface area (Å²) >= 11 is 0. The van der Waals surface area contributed by atoms with E-state index < -0.39 is 6.10 Å². The van der Waals surface area contributed by atoms with Crippen molar-refractivity contribution in [3.8, 4) is 0 Å². The summed E-state index contributed by atoms with van der Waals surface area (Å²) in [5.41, 5.74) is 11.1. The maximum Gasteiger partial charge on any atom is 0.234 e. The van der Waals surface area contributed by atoms with Crippen molar-refractivity contribution in [2.24, 2.45) is 5.92 Å². The zero-order valence-corrected chi connectivity index (χ0v) is 12.1. The van der Waals surface area contributed by atoms with Crippen molar-refractivity contribution in [3.63, 3.8) is 0 Å². The number of allylic oxidation sites excluding steroid dienone is 1. The molecule has 3 N–H and O–H groups in total. The number of amides is 1. The lowest BCUT2D eigenvalue weighted by atomic mass is 9.82. The lowest BCUT2D eigenvalue weighted by molar-refractivity contribution is -0.157. The van der Waals surface area contributed by atoms with Crippen LogP contribution in [0.2, 0.25) is 0 Å². The molecule has 2 aliphatic heterocycles. The Balaban J connectivity index is 1.94. The van der Waals surface area contributed by atoms with Crippen LogP contribution in [0.4, 0.5) is 5.69 Å². The van der Waals surface area contributed by atoms with Crippen molar-refractivity contribution in [3.05, 3.63) is 35.0 Å². The van der Waals surface area contributed by atoms with Crippen molar-refractivity contribution in [1.82, 2.24) is 4.90 Å². The van der Waals surface area contributed by atoms with Crippen molar-refractivity contribution in [2.45, 2.75) is 39.3 Å². The molecule has 2 heterocycles. The van der Waals surface area contributed by atoms with E-state index in [-0.39, 0.29) is 17.9 Å². The van der Waals surface area contributed by atoms with Gasteiger partial charge in [-0.15, -0.1) is 0 Å². The molecule has 3 rings (SSSR count). The topological polar surface area (TPSA) is 66.6 Å². The van der Waals surface area contributed by atoms with Gasteiger partial charge in [0.05, 0.1) is 18.1 Å². The summed E-state index contributed by atoms with van der Waals surface area (Å²) in [6, 6.07) is 6.15. The maximum atomic E-state index is 12.1. The molecule has 20 heavy (non-hydrogen) atoms. The SMILES string of the molecule is CC1=C(c2ccc(C)c(N)c2)C[C@@H]2[C@@H]([C@@H](C)O)C(=O)N12. The highest BCUT2D eigenvalue weighted by atomic mass is 16.3. The fraction of sp³-hybridized carbons (Fsp3) is 0.438. The highest BCUT2D eigenvalue weighted by molar-refractivity contribution is 5.93. The van der Waals surface area contributed by atoms with Crippen LogP contribution in [0, 0.1) is 12.8 Å². The summed E-state index contributed by atoms with van der Waals surface area (Å²) in [5.74, 6) is -0.220. The van der Waals surface area contributed by atoms with Crippen LogP contribution < -0.4 is 5.73 Å². The molecule has 0 radical (unpaired) electrons. The molecule has 0 unspecified atom stereocenters. The third-order valence-corrected chi connectivity index (χ3v) is 4.63. The normalized spacial score (nSPS) is 26.6. The predicted molar refractivity (Wildman–Crippen MR) is 78.6 cm³/mol. The number of fused-ring (bicyclic) bond motifs is 1. The average molecular weight is 272 g/mol. The number of carbonyl (C=O) groups is 1. The molecule has 3 atom stereocenters. The van der Waals surface area contributed by atoms with Crippen LogP contribution in [0.5, 0.6) is 0 Å². The van der Waals surface area contributed by atoms with E-state index in [4.69, 9.17) is 5.73 Å². The molecule has 0 aromatic heterocycles. The largest absolute Gasteiger partial charge is 0.398 e. The summed E-state index contributed by atoms with van der Waals surface area (Å²) in [7, 11) is 0. The first-order valence-corrected chi connectivity index (χ1v) is 6.99. The van der Waals surface area contributed by atoms with Crippen LogP contribution in [-0.4, -0.2) is 28.1 Å². The third-order valence-electron chi connectivity index (χ3n) is 4.63. The molecule has 1 fully saturated rings. The van der Waals surface area contributed by atoms with E-state index in [0.717, 1.165) is 28.9 Å². The number of aliphatic hydroxyl groups is 1. The molecule has 0 aliphatic carbocycles. The number of β-lactam (4-membered cyclic amide) rings is 1. The van der Waals surface area contributed by atoms with E-state index in [2.05, 4.69) is 6.07 Å². The fourth-order valence-electron chi connectivity index (χ4n) is 3.38. The Bertz CT molecular complexity index is 619. The number of carbonyl (C=O) groups excluding carboxylic acids is 1. The molecule has 1 amide bonds. The van der Waals surface area contributed by atoms with Crippen LogP contribution >= 0.6 is 0 Å². The zero-order chi connectivity index (χ0) is 14.6. The van der Waals surface area contributed by atoms with Gasteiger partial charge in [0.15, 0.2) is 0 Å². The van der Waals surface area contributed by atoms with Gasteiger partial charge < -0.3 is 15.7 Å². The minimum Gasteiger partial charge on any atom is -0.398 e. The van der Waals surface area contributed by atoms with Gasteiger partial charge in [-0.1, -0.05) is 12.1 Å². The van der Waals surface area contributed by atoms with E-state index >= 15 is 0 Å². The Hall–Kier alpha value is -1.81. The van der Waals surface area contributed by atoms with Crippen molar-refractivity contribution in [2.75, 3.05) is 5.73 Å². The van der Waals surface area contributed by atoms with Crippen LogP contribution in [0.15, 0.2) is 23.9 Å². The van der Waals surface area contributed by atoms with Gasteiger partial charge in [-0.05, 0) is 50.0 Å². The number of nitrogen functional groups attached to an aromatic ring is 1. The molecule has 4 nitrogen and oxygen atoms in total. The summed E-state index contributed by atoms with van der Waals surface area (Å²) in [6.07, 6.45) is 0.217. The van der Waals surface area contributed by atoms with Gasteiger partial charge in [-0.2, -0.15) is 0 Å². The number of aryl methyl sites for hydroxylation is 1. The molecular weight excluding hydrogens is 252 g/mol. The first-order chi connectivity index (χ1) is 9.41. The quantitative estimate of drug-likeness (QED) is 0.638. The zero-order valence-electron chi connectivity index (χ0n) is 12.1. The standard InChI is InChI=1S/C16H20N2O2/c1-8-4-5-11(6-13(8)17)12-7-14-15(10(3)19)16(20)18(14)9(12)2/h4-6,10,14-15,19H,7,17H2,1-3H3/t10-,14-,15-/m1/s1. The van der Waals surface area contributed by atoms with Crippen LogP contribution in [0.3, 0.4) is 0 Å². The van der Waals surface area contributed by atoms with Crippen LogP contribution in [0.1, 0.15) is 31.4 Å². The van der Waals surface area contributed by atoms with Crippen molar-refractivity contribution < 1.29 is 9.90 Å². The molecule has 106 valence electrons. The number of nitrogens with two attached hydrogens (primary N) is 1. The lowest BCUT2D eigenvalue weighted by Crippen LogP contribution is -2.60. The molecule has 1 aromatic rings. The Morgan fingerprint density at radius 2 is 2.10 bits per heavy atom. The highest BCUT2D eigenvalue weighted by Crippen LogP contribution is 2.46. The summed E-state index contributed by atoms with van der Waals surface area (Å²) in [5, 5.41) is 9.73. The predicted octanol–water partition coefficient (Wildman–Crippen LogP) is 1.92. The lowest BCUT2D eigenvalue weighted by Gasteiger charge is -2.45. The molecular formula is C16H20N2O2. The van der Waals surface area contributed by atoms with Gasteiger partial charge >= 0.3 is 0 Å². The second kappa shape index (κ2) is 4.35. The van der Waals surface area contributed by atoms with E-state index in [9.17, 15) is 9.90 Å². The van der Waals surface area contributed by atoms with Gasteiger partial charge in [-0.3, -0.25) is 4.79 Å². The smallest absolute Gasteiger partial charge is 0.234 e. The number of aliphatic hydroxyl groups excluding tert-OH is 1. The minimum absolute atomic E-state index is 0.0394. The van der Waals surface area contributed by atoms with Crippen molar-refractivity contribution in [1.29, 1.82) is 0 Å². The van der Waals surface area contributed by atoms with Gasteiger partial charge in [0, 0.05) is 11.4 Å². The molecule has 0 saturated carbocycles. The Labute approximate surface area is 118 Å². The monoisotopic (exact) mass is 272 g/mol. The number of hydrogen-bond donors (Lipinski definition) is 2. The Kier molecular flexibility index (Phi) is 2.87. The van der Waals surface area contributed by atoms with E-state index in [0.29, 0.717) is 0 Å². The highest BCUT2D eigenvalue weighted by Gasteiger charge is 2.53. The van der Waals surface area contributed by atoms with Gasteiger partial charge in [-0.25, -0.2) is 0 Å². The van der Waals surface area contributed by atoms with E-state index in [1.807, 2.05) is 30.9 Å². The number of hydrogen-bond acceptors (Lipinski definition) is 3. The average Bonchev–Trinajstić information content (AvgIpc) is 2.64. The van der Waals surface area contributed by atoms with Gasteiger partial charge in [0.1, 0.15) is 0 Å². The molecule has 1 aromatic carbocycles. The minimum atomic E-state index is -0.584. The molecule has 0 spiro atoms. The molecule has 4 heteroatoms. The third kappa shape index (κ3) is 1.68. The van der Waals surface area contributed by atoms with Gasteiger partial charge in [0.25, 0.3) is 0 Å². The number of rotatable bonds is 2. The number of anilines is 1. The van der Waals surface area contributed by atoms with Crippen LogP contribution in [0.25, 0.3) is 5.57 Å². The van der Waals surface area contributed by atoms with Gasteiger partial charge in [0.2, 0.25) is 5.91 Å². The Morgan fingerprint density at radius 3 is 2.70 bits per heavy atom. The van der Waals surface area contributed by atoms with E-state index in [1.165, 1.54) is 5.57 Å². The van der Waals surface area contributed by atoms with E-state index in [1.54, 1.807) is 6.92 Å². The maximum absolute atomic E-state index is 12.1. The summed E-state index contributed by atoms with van der Waals surface area (Å²) in [6.45, 7) is 5.65. The first kappa shape index (κ1) is 13.2. The second-order valence-corrected chi connectivity index (χ2v) is 5.88. The fourth-order valence-corrected chi connectivity index (χ4v) is 3.38. The molecule has 1 saturated heterocycles. The Morgan fingerprint density at radius 1 is 1.40 bits per heavy atom. The summed E-state index contributed by atoms with van der Waals surface area (Å²) < 4.78 is 0. The second-order valence-electron chi connectivity index (χ2n) is 5.88. The van der Waals surface area contributed by atoms with Crippen LogP contribution in [-0.2, 0) is 4.79 Å². The summed E-state index contributed by atoms with van der Waals surface area (Å²) in [4.78, 5) is 13.9. The molecule has 2 aliphatic rings. The number of benzene rings is 1. The number of nitrogens with zero attached hydrogens (tertiary/aromatic N) is 1.